The van der Waals surface area contributed by atoms with Gasteiger partial charge in [-0.05, 0) is 42.4 Å². The van der Waals surface area contributed by atoms with E-state index in [1.807, 2.05) is 24.3 Å². The fourth-order valence-corrected chi connectivity index (χ4v) is 3.03. The van der Waals surface area contributed by atoms with Gasteiger partial charge < -0.3 is 15.2 Å². The maximum Gasteiger partial charge on any atom is 0.224 e. The summed E-state index contributed by atoms with van der Waals surface area (Å²) in [5.74, 6) is 1.61. The van der Waals surface area contributed by atoms with Gasteiger partial charge in [0.05, 0.1) is 13.5 Å². The molecule has 2 N–H and O–H groups in total. The first-order valence-corrected chi connectivity index (χ1v) is 7.73. The third-order valence-corrected chi connectivity index (χ3v) is 4.39. The molecule has 4 heteroatoms. The van der Waals surface area contributed by atoms with Gasteiger partial charge in [-0.2, -0.15) is 0 Å². The number of ether oxygens (including phenoxy) is 1. The van der Waals surface area contributed by atoms with E-state index in [0.717, 1.165) is 24.2 Å². The number of benzene rings is 1. The molecule has 1 aromatic rings. The molecule has 0 spiro atoms. The van der Waals surface area contributed by atoms with Crippen LogP contribution in [0.3, 0.4) is 0 Å². The van der Waals surface area contributed by atoms with Crippen molar-refractivity contribution in [2.24, 2.45) is 11.8 Å². The fourth-order valence-electron chi connectivity index (χ4n) is 3.03. The number of aliphatic hydroxyl groups excluding tert-OH is 1. The quantitative estimate of drug-likeness (QED) is 0.844. The van der Waals surface area contributed by atoms with Crippen LogP contribution < -0.4 is 10.1 Å². The number of methoxy groups -OCH3 is 1. The minimum atomic E-state index is 0.0439. The van der Waals surface area contributed by atoms with E-state index in [0.29, 0.717) is 24.8 Å². The zero-order chi connectivity index (χ0) is 15.1. The molecule has 0 aliphatic heterocycles. The average Bonchev–Trinajstić information content (AvgIpc) is 2.54. The molecule has 2 rings (SSSR count). The van der Waals surface area contributed by atoms with Crippen LogP contribution in [0.1, 0.15) is 31.2 Å². The summed E-state index contributed by atoms with van der Waals surface area (Å²) in [6.07, 6.45) is 4.97. The highest BCUT2D eigenvalue weighted by molar-refractivity contribution is 5.78. The molecule has 0 bridgehead atoms. The van der Waals surface area contributed by atoms with Crippen molar-refractivity contribution < 1.29 is 14.6 Å². The van der Waals surface area contributed by atoms with Gasteiger partial charge in [0.1, 0.15) is 5.75 Å². The van der Waals surface area contributed by atoms with E-state index in [-0.39, 0.29) is 12.5 Å². The van der Waals surface area contributed by atoms with Gasteiger partial charge in [-0.25, -0.2) is 0 Å². The molecule has 1 saturated carbocycles. The van der Waals surface area contributed by atoms with E-state index in [2.05, 4.69) is 5.32 Å². The summed E-state index contributed by atoms with van der Waals surface area (Å²) in [7, 11) is 1.63. The summed E-state index contributed by atoms with van der Waals surface area (Å²) in [6.45, 7) is 0.916. The third kappa shape index (κ3) is 4.74. The molecule has 2 unspecified atom stereocenters. The molecule has 0 saturated heterocycles. The summed E-state index contributed by atoms with van der Waals surface area (Å²) in [6, 6.07) is 7.56. The van der Waals surface area contributed by atoms with Crippen LogP contribution in [-0.2, 0) is 11.2 Å². The van der Waals surface area contributed by atoms with Crippen molar-refractivity contribution in [1.82, 2.24) is 5.32 Å². The average molecular weight is 291 g/mol. The Morgan fingerprint density at radius 1 is 1.24 bits per heavy atom. The Morgan fingerprint density at radius 2 is 1.90 bits per heavy atom. The number of amides is 1. The minimum Gasteiger partial charge on any atom is -0.497 e. The van der Waals surface area contributed by atoms with Crippen molar-refractivity contribution in [3.05, 3.63) is 29.8 Å². The maximum atomic E-state index is 12.0. The fraction of sp³-hybridized carbons (Fsp3) is 0.588. The Balaban J connectivity index is 1.78. The molecule has 1 aromatic carbocycles. The van der Waals surface area contributed by atoms with Crippen LogP contribution in [0.5, 0.6) is 5.75 Å². The number of carbonyl (C=O) groups is 1. The van der Waals surface area contributed by atoms with Crippen molar-refractivity contribution in [2.45, 2.75) is 32.1 Å². The van der Waals surface area contributed by atoms with E-state index >= 15 is 0 Å². The topological polar surface area (TPSA) is 58.6 Å². The second kappa shape index (κ2) is 8.03. The van der Waals surface area contributed by atoms with Crippen molar-refractivity contribution in [1.29, 1.82) is 0 Å². The highest BCUT2D eigenvalue weighted by Gasteiger charge is 2.24. The number of rotatable bonds is 6. The van der Waals surface area contributed by atoms with Gasteiger partial charge >= 0.3 is 0 Å². The van der Waals surface area contributed by atoms with E-state index in [1.54, 1.807) is 7.11 Å². The number of hydrogen-bond acceptors (Lipinski definition) is 3. The Labute approximate surface area is 126 Å². The van der Waals surface area contributed by atoms with Gasteiger partial charge in [-0.3, -0.25) is 4.79 Å². The standard InChI is InChI=1S/C17H25NO3/c1-21-16-8-6-13(7-9-16)10-17(20)18-11-14-4-2-3-5-15(14)12-19/h6-9,14-15,19H,2-5,10-12H2,1H3,(H,18,20). The molecule has 0 heterocycles. The number of aliphatic hydroxyl groups is 1. The first kappa shape index (κ1) is 15.8. The predicted molar refractivity (Wildman–Crippen MR) is 82.2 cm³/mol. The van der Waals surface area contributed by atoms with Gasteiger partial charge in [-0.15, -0.1) is 0 Å². The van der Waals surface area contributed by atoms with E-state index in [4.69, 9.17) is 4.74 Å². The zero-order valence-electron chi connectivity index (χ0n) is 12.7. The van der Waals surface area contributed by atoms with Crippen LogP contribution in [0.2, 0.25) is 0 Å². The van der Waals surface area contributed by atoms with Gasteiger partial charge in [0.2, 0.25) is 5.91 Å². The Morgan fingerprint density at radius 3 is 2.52 bits per heavy atom. The molecule has 1 amide bonds. The summed E-state index contributed by atoms with van der Waals surface area (Å²) in [5.41, 5.74) is 0.982. The second-order valence-electron chi connectivity index (χ2n) is 5.82. The SMILES string of the molecule is COc1ccc(CC(=O)NCC2CCCCC2CO)cc1. The molecule has 0 radical (unpaired) electrons. The number of nitrogens with one attached hydrogen (secondary N) is 1. The summed E-state index contributed by atoms with van der Waals surface area (Å²) < 4.78 is 5.10. The van der Waals surface area contributed by atoms with Crippen molar-refractivity contribution in [3.63, 3.8) is 0 Å². The van der Waals surface area contributed by atoms with Crippen molar-refractivity contribution >= 4 is 5.91 Å². The highest BCUT2D eigenvalue weighted by Crippen LogP contribution is 2.29. The lowest BCUT2D eigenvalue weighted by Crippen LogP contribution is -2.36. The molecule has 1 aliphatic rings. The Kier molecular flexibility index (Phi) is 6.05. The second-order valence-corrected chi connectivity index (χ2v) is 5.82. The lowest BCUT2D eigenvalue weighted by molar-refractivity contribution is -0.120. The van der Waals surface area contributed by atoms with Crippen molar-refractivity contribution in [3.8, 4) is 5.75 Å². The zero-order valence-corrected chi connectivity index (χ0v) is 12.7. The normalized spacial score (nSPS) is 21.8. The monoisotopic (exact) mass is 291 g/mol. The van der Waals surface area contributed by atoms with E-state index in [9.17, 15) is 9.90 Å². The van der Waals surface area contributed by atoms with Crippen LogP contribution in [0.25, 0.3) is 0 Å². The summed E-state index contributed by atoms with van der Waals surface area (Å²) in [5, 5.41) is 12.4. The molecule has 116 valence electrons. The minimum absolute atomic E-state index is 0.0439. The van der Waals surface area contributed by atoms with Crippen LogP contribution in [0.4, 0.5) is 0 Å². The first-order valence-electron chi connectivity index (χ1n) is 7.73. The highest BCUT2D eigenvalue weighted by atomic mass is 16.5. The lowest BCUT2D eigenvalue weighted by Gasteiger charge is -2.30. The van der Waals surface area contributed by atoms with Crippen molar-refractivity contribution in [2.75, 3.05) is 20.3 Å². The van der Waals surface area contributed by atoms with Crippen LogP contribution in [0.15, 0.2) is 24.3 Å². The van der Waals surface area contributed by atoms with Gasteiger partial charge in [0.15, 0.2) is 0 Å². The van der Waals surface area contributed by atoms with E-state index < -0.39 is 0 Å². The smallest absolute Gasteiger partial charge is 0.224 e. The first-order chi connectivity index (χ1) is 10.2. The molecule has 4 nitrogen and oxygen atoms in total. The Bertz CT molecular complexity index is 444. The molecule has 1 aliphatic carbocycles. The maximum absolute atomic E-state index is 12.0. The third-order valence-electron chi connectivity index (χ3n) is 4.39. The Hall–Kier alpha value is -1.55. The van der Waals surface area contributed by atoms with Gasteiger partial charge in [0.25, 0.3) is 0 Å². The van der Waals surface area contributed by atoms with Crippen LogP contribution >= 0.6 is 0 Å². The predicted octanol–water partition coefficient (Wildman–Crippen LogP) is 2.15. The molecular formula is C17H25NO3. The molecule has 2 atom stereocenters. The molecule has 1 fully saturated rings. The lowest BCUT2D eigenvalue weighted by atomic mass is 9.79. The van der Waals surface area contributed by atoms with Crippen LogP contribution in [-0.4, -0.2) is 31.3 Å². The van der Waals surface area contributed by atoms with Crippen LogP contribution in [0, 0.1) is 11.8 Å². The molecule has 0 aromatic heterocycles. The largest absolute Gasteiger partial charge is 0.497 e. The summed E-state index contributed by atoms with van der Waals surface area (Å²) >= 11 is 0. The summed E-state index contributed by atoms with van der Waals surface area (Å²) in [4.78, 5) is 12.0. The molecule has 21 heavy (non-hydrogen) atoms. The number of hydrogen-bond donors (Lipinski definition) is 2. The number of carbonyl (C=O) groups excluding carboxylic acids is 1. The molecular weight excluding hydrogens is 266 g/mol. The van der Waals surface area contributed by atoms with E-state index in [1.165, 1.54) is 12.8 Å². The van der Waals surface area contributed by atoms with Gasteiger partial charge in [-0.1, -0.05) is 25.0 Å². The van der Waals surface area contributed by atoms with Gasteiger partial charge in [0, 0.05) is 13.2 Å².